The summed E-state index contributed by atoms with van der Waals surface area (Å²) in [6.07, 6.45) is 2.41. The van der Waals surface area contributed by atoms with Crippen LogP contribution in [0.1, 0.15) is 42.5 Å². The van der Waals surface area contributed by atoms with Gasteiger partial charge in [-0.1, -0.05) is 50.2 Å². The first-order valence-electron chi connectivity index (χ1n) is 9.60. The Morgan fingerprint density at radius 3 is 2.44 bits per heavy atom. The second kappa shape index (κ2) is 10.6. The lowest BCUT2D eigenvalue weighted by Crippen LogP contribution is -1.99. The Balaban J connectivity index is 1.68. The molecule has 0 amide bonds. The monoisotopic (exact) mass is 397 g/mol. The Morgan fingerprint density at radius 2 is 1.67 bits per heavy atom. The van der Waals surface area contributed by atoms with Gasteiger partial charge in [-0.2, -0.15) is 0 Å². The van der Waals surface area contributed by atoms with Crippen molar-refractivity contribution in [3.05, 3.63) is 71.9 Å². The van der Waals surface area contributed by atoms with Crippen molar-refractivity contribution in [3.63, 3.8) is 0 Å². The van der Waals surface area contributed by atoms with Crippen molar-refractivity contribution in [1.82, 2.24) is 4.98 Å². The number of hydrogen-bond acceptors (Lipinski definition) is 4. The van der Waals surface area contributed by atoms with Gasteiger partial charge in [0, 0.05) is 5.39 Å². The van der Waals surface area contributed by atoms with Crippen molar-refractivity contribution in [3.8, 4) is 5.75 Å². The summed E-state index contributed by atoms with van der Waals surface area (Å²) in [5, 5.41) is 1.16. The highest BCUT2D eigenvalue weighted by Gasteiger charge is 2.13. The van der Waals surface area contributed by atoms with Crippen LogP contribution in [-0.4, -0.2) is 16.5 Å². The zero-order valence-electron chi connectivity index (χ0n) is 16.1. The number of nitrogens with zero attached hydrogens (tertiary/aromatic N) is 1. The van der Waals surface area contributed by atoms with Crippen molar-refractivity contribution < 1.29 is 4.74 Å². The van der Waals surface area contributed by atoms with E-state index in [0.29, 0.717) is 11.2 Å². The zero-order valence-corrected chi connectivity index (χ0v) is 17.7. The van der Waals surface area contributed by atoms with Crippen LogP contribution in [0, 0.1) is 0 Å². The number of benzene rings is 2. The first-order valence-corrected chi connectivity index (χ1v) is 11.7. The Hall–Kier alpha value is -1.65. The molecule has 0 bridgehead atoms. The van der Waals surface area contributed by atoms with Crippen LogP contribution in [0.25, 0.3) is 10.9 Å². The van der Waals surface area contributed by atoms with Crippen LogP contribution in [-0.2, 0) is 6.61 Å². The minimum atomic E-state index is 0.479. The minimum absolute atomic E-state index is 0.479. The number of para-hydroxylation sites is 1. The quantitative estimate of drug-likeness (QED) is 0.340. The highest BCUT2D eigenvalue weighted by molar-refractivity contribution is 8.16. The average molecular weight is 398 g/mol. The maximum Gasteiger partial charge on any atom is 0.130 e. The summed E-state index contributed by atoms with van der Waals surface area (Å²) in [4.78, 5) is 4.70. The van der Waals surface area contributed by atoms with Crippen molar-refractivity contribution in [2.75, 3.05) is 11.5 Å². The number of pyridine rings is 1. The molecule has 0 fully saturated rings. The van der Waals surface area contributed by atoms with Crippen molar-refractivity contribution in [2.24, 2.45) is 0 Å². The van der Waals surface area contributed by atoms with E-state index < -0.39 is 0 Å². The van der Waals surface area contributed by atoms with Gasteiger partial charge in [0.1, 0.15) is 12.4 Å². The highest BCUT2D eigenvalue weighted by atomic mass is 32.2. The molecule has 142 valence electrons. The molecule has 0 atom stereocenters. The average Bonchev–Trinajstić information content (AvgIpc) is 2.72. The first kappa shape index (κ1) is 20.1. The van der Waals surface area contributed by atoms with Gasteiger partial charge in [-0.15, -0.1) is 23.5 Å². The number of thioether (sulfide) groups is 2. The molecule has 0 saturated heterocycles. The molecule has 0 aliphatic carbocycles. The van der Waals surface area contributed by atoms with Crippen LogP contribution in [0.15, 0.2) is 60.7 Å². The van der Waals surface area contributed by atoms with Crippen molar-refractivity contribution in [2.45, 2.75) is 37.9 Å². The fourth-order valence-electron chi connectivity index (χ4n) is 2.79. The minimum Gasteiger partial charge on any atom is -0.487 e. The third kappa shape index (κ3) is 5.91. The maximum absolute atomic E-state index is 6.06. The Bertz CT molecular complexity index is 844. The van der Waals surface area contributed by atoms with E-state index in [4.69, 9.17) is 9.72 Å². The van der Waals surface area contributed by atoms with Crippen LogP contribution in [0.2, 0.25) is 0 Å². The first-order chi connectivity index (χ1) is 13.3. The highest BCUT2D eigenvalue weighted by Crippen LogP contribution is 2.41. The largest absolute Gasteiger partial charge is 0.487 e. The summed E-state index contributed by atoms with van der Waals surface area (Å²) in [5.41, 5.74) is 3.31. The van der Waals surface area contributed by atoms with Gasteiger partial charge in [0.05, 0.1) is 15.8 Å². The standard InChI is InChI=1S/C23H27NOS2/c1-3-14-26-23(27-15-4-2)19-9-7-10-21(16-19)25-17-20-13-12-18-8-5-6-11-22(18)24-20/h5-13,16,23H,3-4,14-15,17H2,1-2H3. The van der Waals surface area contributed by atoms with E-state index >= 15 is 0 Å². The van der Waals surface area contributed by atoms with Crippen LogP contribution in [0.4, 0.5) is 0 Å². The molecule has 2 nitrogen and oxygen atoms in total. The van der Waals surface area contributed by atoms with Crippen LogP contribution < -0.4 is 4.74 Å². The predicted octanol–water partition coefficient (Wildman–Crippen LogP) is 7.10. The summed E-state index contributed by atoms with van der Waals surface area (Å²) in [6, 6.07) is 20.9. The third-order valence-corrected chi connectivity index (χ3v) is 7.37. The fourth-order valence-corrected chi connectivity index (χ4v) is 5.33. The molecule has 0 aliphatic heterocycles. The molecule has 1 aromatic heterocycles. The Kier molecular flexibility index (Phi) is 7.91. The molecule has 3 aromatic rings. The smallest absolute Gasteiger partial charge is 0.130 e. The summed E-state index contributed by atoms with van der Waals surface area (Å²) in [7, 11) is 0. The lowest BCUT2D eigenvalue weighted by atomic mass is 10.2. The molecule has 1 heterocycles. The van der Waals surface area contributed by atoms with E-state index in [-0.39, 0.29) is 0 Å². The van der Waals surface area contributed by atoms with Gasteiger partial charge in [0.2, 0.25) is 0 Å². The predicted molar refractivity (Wildman–Crippen MR) is 121 cm³/mol. The van der Waals surface area contributed by atoms with Gasteiger partial charge in [-0.25, -0.2) is 4.98 Å². The molecule has 4 heteroatoms. The van der Waals surface area contributed by atoms with Gasteiger partial charge in [-0.05, 0) is 54.2 Å². The number of hydrogen-bond donors (Lipinski definition) is 0. The summed E-state index contributed by atoms with van der Waals surface area (Å²) in [5.74, 6) is 3.29. The van der Waals surface area contributed by atoms with E-state index in [1.54, 1.807) is 0 Å². The number of ether oxygens (including phenoxy) is 1. The van der Waals surface area contributed by atoms with E-state index in [0.717, 1.165) is 22.3 Å². The van der Waals surface area contributed by atoms with Crippen molar-refractivity contribution >= 4 is 34.4 Å². The van der Waals surface area contributed by atoms with Crippen LogP contribution >= 0.6 is 23.5 Å². The summed E-state index contributed by atoms with van der Waals surface area (Å²) >= 11 is 4.07. The molecular weight excluding hydrogens is 370 g/mol. The van der Waals surface area contributed by atoms with Crippen molar-refractivity contribution in [1.29, 1.82) is 0 Å². The third-order valence-electron chi connectivity index (χ3n) is 4.12. The number of aromatic nitrogens is 1. The summed E-state index contributed by atoms with van der Waals surface area (Å²) < 4.78 is 6.54. The maximum atomic E-state index is 6.06. The van der Waals surface area contributed by atoms with Gasteiger partial charge in [0.15, 0.2) is 0 Å². The van der Waals surface area contributed by atoms with Gasteiger partial charge in [0.25, 0.3) is 0 Å². The van der Waals surface area contributed by atoms with Gasteiger partial charge >= 0.3 is 0 Å². The molecule has 27 heavy (non-hydrogen) atoms. The molecule has 0 aliphatic rings. The molecule has 3 rings (SSSR count). The van der Waals surface area contributed by atoms with Gasteiger partial charge < -0.3 is 4.74 Å². The molecule has 0 spiro atoms. The summed E-state index contributed by atoms with van der Waals surface area (Å²) in [6.45, 7) is 4.97. The number of fused-ring (bicyclic) bond motifs is 1. The molecule has 0 N–H and O–H groups in total. The molecular formula is C23H27NOS2. The normalized spacial score (nSPS) is 11.2. The van der Waals surface area contributed by atoms with E-state index in [2.05, 4.69) is 44.2 Å². The Morgan fingerprint density at radius 1 is 0.889 bits per heavy atom. The second-order valence-electron chi connectivity index (χ2n) is 6.43. The SMILES string of the molecule is CCCSC(SCCC)c1cccc(OCc2ccc3ccccc3n2)c1. The van der Waals surface area contributed by atoms with E-state index in [1.807, 2.05) is 53.9 Å². The van der Waals surface area contributed by atoms with Crippen LogP contribution in [0.3, 0.4) is 0 Å². The molecule has 0 saturated carbocycles. The lowest BCUT2D eigenvalue weighted by Gasteiger charge is -2.17. The lowest BCUT2D eigenvalue weighted by molar-refractivity contribution is 0.301. The second-order valence-corrected chi connectivity index (χ2v) is 9.15. The molecule has 0 unspecified atom stereocenters. The van der Waals surface area contributed by atoms with Gasteiger partial charge in [-0.3, -0.25) is 0 Å². The topological polar surface area (TPSA) is 22.1 Å². The fraction of sp³-hybridized carbons (Fsp3) is 0.348. The van der Waals surface area contributed by atoms with E-state index in [9.17, 15) is 0 Å². The van der Waals surface area contributed by atoms with E-state index in [1.165, 1.54) is 29.9 Å². The zero-order chi connectivity index (χ0) is 18.9. The van der Waals surface area contributed by atoms with Crippen LogP contribution in [0.5, 0.6) is 5.75 Å². The number of rotatable bonds is 10. The Labute approximate surface area is 171 Å². The molecule has 2 aromatic carbocycles. The molecule has 0 radical (unpaired) electrons.